The van der Waals surface area contributed by atoms with Crippen molar-refractivity contribution >= 4 is 21.6 Å². The van der Waals surface area contributed by atoms with Crippen molar-refractivity contribution in [2.75, 3.05) is 0 Å². The minimum absolute atomic E-state index is 0.213. The van der Waals surface area contributed by atoms with E-state index in [4.69, 9.17) is 11.6 Å². The van der Waals surface area contributed by atoms with E-state index in [1.165, 1.54) is 12.1 Å². The summed E-state index contributed by atoms with van der Waals surface area (Å²) >= 11 is 5.52. The van der Waals surface area contributed by atoms with E-state index in [2.05, 4.69) is 4.72 Å². The van der Waals surface area contributed by atoms with Gasteiger partial charge in [0, 0.05) is 6.54 Å². The Labute approximate surface area is 134 Å². The molecule has 3 nitrogen and oxygen atoms in total. The fourth-order valence-electron chi connectivity index (χ4n) is 1.72. The number of nitrogens with one attached hydrogen (secondary N) is 1. The largest absolute Gasteiger partial charge is 0.416 e. The predicted molar refractivity (Wildman–Crippen MR) is 76.9 cm³/mol. The Balaban J connectivity index is 2.11. The highest BCUT2D eigenvalue weighted by Crippen LogP contribution is 2.29. The van der Waals surface area contributed by atoms with Gasteiger partial charge in [0.05, 0.1) is 15.5 Å². The van der Waals surface area contributed by atoms with Gasteiger partial charge in [0.1, 0.15) is 5.82 Å². The smallest absolute Gasteiger partial charge is 0.207 e. The molecule has 0 fully saturated rings. The quantitative estimate of drug-likeness (QED) is 0.831. The van der Waals surface area contributed by atoms with Gasteiger partial charge in [-0.05, 0) is 35.9 Å². The molecule has 0 unspecified atom stereocenters. The number of benzene rings is 2. The topological polar surface area (TPSA) is 46.2 Å². The van der Waals surface area contributed by atoms with Crippen molar-refractivity contribution in [3.8, 4) is 0 Å². The lowest BCUT2D eigenvalue weighted by molar-refractivity contribution is -0.137. The Morgan fingerprint density at radius 3 is 2.17 bits per heavy atom. The van der Waals surface area contributed by atoms with Gasteiger partial charge in [0.25, 0.3) is 0 Å². The molecule has 0 spiro atoms. The third kappa shape index (κ3) is 4.43. The van der Waals surface area contributed by atoms with E-state index in [1.807, 2.05) is 0 Å². The zero-order chi connectivity index (χ0) is 17.3. The van der Waals surface area contributed by atoms with E-state index in [1.54, 1.807) is 0 Å². The summed E-state index contributed by atoms with van der Waals surface area (Å²) in [6, 6.07) is 6.96. The number of halogens is 5. The van der Waals surface area contributed by atoms with Gasteiger partial charge in [-0.2, -0.15) is 13.2 Å². The zero-order valence-electron chi connectivity index (χ0n) is 11.4. The maximum atomic E-state index is 13.0. The number of hydrogen-bond donors (Lipinski definition) is 1. The summed E-state index contributed by atoms with van der Waals surface area (Å²) in [4.78, 5) is -0.240. The average molecular weight is 368 g/mol. The van der Waals surface area contributed by atoms with Crippen LogP contribution >= 0.6 is 11.6 Å². The molecule has 0 aliphatic heterocycles. The van der Waals surface area contributed by atoms with Gasteiger partial charge in [0.2, 0.25) is 10.0 Å². The SMILES string of the molecule is O=S(=O)(NCc1ccc(C(F)(F)F)cc1)c1ccc(F)c(Cl)c1. The Bertz CT molecular complexity index is 805. The van der Waals surface area contributed by atoms with Crippen molar-refractivity contribution in [3.05, 3.63) is 64.4 Å². The first kappa shape index (κ1) is 17.7. The Kier molecular flexibility index (Phi) is 4.98. The number of rotatable bonds is 4. The molecule has 0 bridgehead atoms. The first-order valence-corrected chi connectivity index (χ1v) is 8.06. The van der Waals surface area contributed by atoms with Crippen LogP contribution in [-0.4, -0.2) is 8.42 Å². The van der Waals surface area contributed by atoms with E-state index in [0.29, 0.717) is 5.56 Å². The molecule has 2 rings (SSSR count). The number of sulfonamides is 1. The Hall–Kier alpha value is -1.64. The van der Waals surface area contributed by atoms with E-state index < -0.39 is 27.6 Å². The molecule has 9 heteroatoms. The molecule has 0 aliphatic carbocycles. The molecule has 0 aromatic heterocycles. The van der Waals surface area contributed by atoms with Crippen molar-refractivity contribution < 1.29 is 26.0 Å². The molecule has 0 aliphatic rings. The van der Waals surface area contributed by atoms with Crippen molar-refractivity contribution in [2.45, 2.75) is 17.6 Å². The molecule has 2 aromatic carbocycles. The molecule has 0 radical (unpaired) electrons. The molecular weight excluding hydrogens is 358 g/mol. The van der Waals surface area contributed by atoms with Crippen LogP contribution in [0.4, 0.5) is 17.6 Å². The maximum Gasteiger partial charge on any atom is 0.416 e. The minimum Gasteiger partial charge on any atom is -0.207 e. The molecule has 0 saturated carbocycles. The number of alkyl halides is 3. The van der Waals surface area contributed by atoms with Crippen LogP contribution in [0.25, 0.3) is 0 Å². The van der Waals surface area contributed by atoms with Crippen LogP contribution in [-0.2, 0) is 22.7 Å². The van der Waals surface area contributed by atoms with Crippen LogP contribution < -0.4 is 4.72 Å². The Morgan fingerprint density at radius 2 is 1.65 bits per heavy atom. The maximum absolute atomic E-state index is 13.0. The van der Waals surface area contributed by atoms with Crippen molar-refractivity contribution in [1.82, 2.24) is 4.72 Å². The van der Waals surface area contributed by atoms with Crippen molar-refractivity contribution in [1.29, 1.82) is 0 Å². The average Bonchev–Trinajstić information content (AvgIpc) is 2.47. The minimum atomic E-state index is -4.46. The van der Waals surface area contributed by atoms with Gasteiger partial charge in [0.15, 0.2) is 0 Å². The fraction of sp³-hybridized carbons (Fsp3) is 0.143. The van der Waals surface area contributed by atoms with Crippen LogP contribution in [0.3, 0.4) is 0 Å². The second-order valence-electron chi connectivity index (χ2n) is 4.60. The Morgan fingerprint density at radius 1 is 1.04 bits per heavy atom. The highest BCUT2D eigenvalue weighted by Gasteiger charge is 2.29. The summed E-state index contributed by atoms with van der Waals surface area (Å²) in [5.74, 6) is -0.756. The first-order chi connectivity index (χ1) is 10.6. The van der Waals surface area contributed by atoms with Crippen LogP contribution in [0, 0.1) is 5.82 Å². The molecule has 2 aromatic rings. The molecule has 23 heavy (non-hydrogen) atoms. The van der Waals surface area contributed by atoms with Gasteiger partial charge in [-0.3, -0.25) is 0 Å². The van der Waals surface area contributed by atoms with Gasteiger partial charge in [-0.15, -0.1) is 0 Å². The molecule has 0 saturated heterocycles. The highest BCUT2D eigenvalue weighted by molar-refractivity contribution is 7.89. The molecule has 124 valence electrons. The summed E-state index contributed by atoms with van der Waals surface area (Å²) in [6.07, 6.45) is -4.46. The van der Waals surface area contributed by atoms with Crippen LogP contribution in [0.5, 0.6) is 0 Å². The highest BCUT2D eigenvalue weighted by atomic mass is 35.5. The normalized spacial score (nSPS) is 12.4. The molecular formula is C14H10ClF4NO2S. The summed E-state index contributed by atoms with van der Waals surface area (Å²) < 4.78 is 76.6. The number of hydrogen-bond acceptors (Lipinski definition) is 2. The first-order valence-electron chi connectivity index (χ1n) is 6.20. The van der Waals surface area contributed by atoms with Crippen molar-refractivity contribution in [3.63, 3.8) is 0 Å². The third-order valence-electron chi connectivity index (χ3n) is 2.95. The van der Waals surface area contributed by atoms with Gasteiger partial charge in [-0.1, -0.05) is 23.7 Å². The summed E-state index contributed by atoms with van der Waals surface area (Å²) in [6.45, 7) is -0.213. The lowest BCUT2D eigenvalue weighted by atomic mass is 10.1. The lowest BCUT2D eigenvalue weighted by Gasteiger charge is -2.09. The molecule has 0 amide bonds. The summed E-state index contributed by atoms with van der Waals surface area (Å²) in [7, 11) is -3.96. The lowest BCUT2D eigenvalue weighted by Crippen LogP contribution is -2.23. The van der Waals surface area contributed by atoms with E-state index >= 15 is 0 Å². The van der Waals surface area contributed by atoms with Gasteiger partial charge < -0.3 is 0 Å². The predicted octanol–water partition coefficient (Wildman–Crippen LogP) is 3.98. The standard InChI is InChI=1S/C14H10ClF4NO2S/c15-12-7-11(5-6-13(12)16)23(21,22)20-8-9-1-3-10(4-2-9)14(17,18)19/h1-7,20H,8H2. The van der Waals surface area contributed by atoms with E-state index in [9.17, 15) is 26.0 Å². The fourth-order valence-corrected chi connectivity index (χ4v) is 3.01. The second-order valence-corrected chi connectivity index (χ2v) is 6.77. The molecule has 0 heterocycles. The monoisotopic (exact) mass is 367 g/mol. The van der Waals surface area contributed by atoms with Crippen molar-refractivity contribution in [2.24, 2.45) is 0 Å². The van der Waals surface area contributed by atoms with Crippen LogP contribution in [0.15, 0.2) is 47.4 Å². The van der Waals surface area contributed by atoms with Crippen LogP contribution in [0.2, 0.25) is 5.02 Å². The van der Waals surface area contributed by atoms with Gasteiger partial charge in [-0.25, -0.2) is 17.5 Å². The second kappa shape index (κ2) is 6.46. The summed E-state index contributed by atoms with van der Waals surface area (Å²) in [5, 5.41) is -0.345. The third-order valence-corrected chi connectivity index (χ3v) is 4.64. The van der Waals surface area contributed by atoms with Gasteiger partial charge >= 0.3 is 6.18 Å². The zero-order valence-corrected chi connectivity index (χ0v) is 12.9. The molecule has 1 N–H and O–H groups in total. The molecule has 0 atom stereocenters. The summed E-state index contributed by atoms with van der Waals surface area (Å²) in [5.41, 5.74) is -0.482. The van der Waals surface area contributed by atoms with Crippen LogP contribution in [0.1, 0.15) is 11.1 Å². The van der Waals surface area contributed by atoms with E-state index in [-0.39, 0.29) is 16.5 Å². The van der Waals surface area contributed by atoms with E-state index in [0.717, 1.165) is 30.3 Å².